The molecule has 0 N–H and O–H groups in total. The van der Waals surface area contributed by atoms with Crippen LogP contribution in [0.4, 0.5) is 13.6 Å². The summed E-state index contributed by atoms with van der Waals surface area (Å²) in [4.78, 5) is 18.0. The number of unbranched alkanes of at least 4 members (excludes halogenated alkanes) is 1. The van der Waals surface area contributed by atoms with Crippen molar-refractivity contribution >= 4 is 28.7 Å². The predicted octanol–water partition coefficient (Wildman–Crippen LogP) is 5.37. The van der Waals surface area contributed by atoms with Gasteiger partial charge in [-0.25, -0.2) is 13.6 Å². The summed E-state index contributed by atoms with van der Waals surface area (Å²) in [5.41, 5.74) is 2.09. The molecule has 3 heterocycles. The number of amides is 1. The van der Waals surface area contributed by atoms with Crippen LogP contribution in [0.2, 0.25) is 0 Å². The molecule has 1 spiro atoms. The number of hydrogen-bond acceptors (Lipinski definition) is 4. The molecule has 30 heavy (non-hydrogen) atoms. The maximum absolute atomic E-state index is 13.9. The fourth-order valence-electron chi connectivity index (χ4n) is 4.47. The molecule has 2 aromatic rings. The largest absolute Gasteiger partial charge is 0.449 e. The van der Waals surface area contributed by atoms with Crippen LogP contribution < -0.4 is 0 Å². The third kappa shape index (κ3) is 3.80. The standard InChI is InChI=1S/C21H25F2IN4O2/c1-3-4-8-30-20(29)27-11-21(12-27)9-14(10-21)28-18(19(22)23)16(24)17(26-28)15-6-5-7-25-13(15)2/h5-7,14,19H,3-4,8-12H2,1-2H3. The minimum absolute atomic E-state index is 0.00953. The lowest BCUT2D eigenvalue weighted by Crippen LogP contribution is -2.64. The molecule has 4 rings (SSSR count). The van der Waals surface area contributed by atoms with Gasteiger partial charge < -0.3 is 9.64 Å². The summed E-state index contributed by atoms with van der Waals surface area (Å²) >= 11 is 1.97. The van der Waals surface area contributed by atoms with Crippen LogP contribution in [0.25, 0.3) is 11.3 Å². The van der Waals surface area contributed by atoms with Crippen molar-refractivity contribution < 1.29 is 18.3 Å². The van der Waals surface area contributed by atoms with Gasteiger partial charge in [-0.15, -0.1) is 0 Å². The Morgan fingerprint density at radius 1 is 1.40 bits per heavy atom. The average molecular weight is 530 g/mol. The number of halogens is 3. The van der Waals surface area contributed by atoms with Crippen LogP contribution in [-0.4, -0.2) is 45.5 Å². The number of nitrogens with zero attached hydrogens (tertiary/aromatic N) is 4. The predicted molar refractivity (Wildman–Crippen MR) is 116 cm³/mol. The summed E-state index contributed by atoms with van der Waals surface area (Å²) in [6.45, 7) is 5.61. The van der Waals surface area contributed by atoms with Crippen molar-refractivity contribution in [3.8, 4) is 11.3 Å². The molecule has 2 aromatic heterocycles. The zero-order valence-electron chi connectivity index (χ0n) is 17.1. The van der Waals surface area contributed by atoms with Crippen LogP contribution >= 0.6 is 22.6 Å². The lowest BCUT2D eigenvalue weighted by atomic mass is 9.61. The van der Waals surface area contributed by atoms with Crippen LogP contribution in [-0.2, 0) is 4.74 Å². The second-order valence-electron chi connectivity index (χ2n) is 8.32. The van der Waals surface area contributed by atoms with Gasteiger partial charge in [0.15, 0.2) is 0 Å². The Morgan fingerprint density at radius 3 is 2.77 bits per heavy atom. The van der Waals surface area contributed by atoms with E-state index >= 15 is 0 Å². The number of carbonyl (C=O) groups is 1. The minimum Gasteiger partial charge on any atom is -0.449 e. The average Bonchev–Trinajstić information content (AvgIpc) is 2.97. The number of carbonyl (C=O) groups excluding carboxylic acids is 1. The molecule has 0 unspecified atom stereocenters. The van der Waals surface area contributed by atoms with Gasteiger partial charge in [0, 0.05) is 36.0 Å². The van der Waals surface area contributed by atoms with Crippen LogP contribution in [0.5, 0.6) is 0 Å². The van der Waals surface area contributed by atoms with Crippen molar-refractivity contribution in [1.29, 1.82) is 0 Å². The Bertz CT molecular complexity index is 935. The lowest BCUT2D eigenvalue weighted by Gasteiger charge is -2.58. The highest BCUT2D eigenvalue weighted by Gasteiger charge is 2.55. The number of ether oxygens (including phenoxy) is 1. The van der Waals surface area contributed by atoms with Crippen molar-refractivity contribution in [2.24, 2.45) is 5.41 Å². The molecule has 0 bridgehead atoms. The number of likely N-dealkylation sites (tertiary alicyclic amines) is 1. The topological polar surface area (TPSA) is 60.2 Å². The van der Waals surface area contributed by atoms with Gasteiger partial charge in [-0.05, 0) is 60.9 Å². The number of rotatable bonds is 6. The van der Waals surface area contributed by atoms with Crippen molar-refractivity contribution in [3.05, 3.63) is 33.3 Å². The van der Waals surface area contributed by atoms with E-state index in [4.69, 9.17) is 4.74 Å². The van der Waals surface area contributed by atoms with Gasteiger partial charge >= 0.3 is 6.09 Å². The number of aryl methyl sites for hydroxylation is 1. The molecule has 1 aliphatic heterocycles. The number of hydrogen-bond donors (Lipinski definition) is 0. The molecule has 1 amide bonds. The van der Waals surface area contributed by atoms with Crippen LogP contribution in [0.15, 0.2) is 18.3 Å². The minimum atomic E-state index is -2.60. The Kier molecular flexibility index (Phi) is 6.00. The van der Waals surface area contributed by atoms with Gasteiger partial charge in [-0.2, -0.15) is 5.10 Å². The highest BCUT2D eigenvalue weighted by atomic mass is 127. The second kappa shape index (κ2) is 8.39. The van der Waals surface area contributed by atoms with E-state index in [1.54, 1.807) is 17.2 Å². The highest BCUT2D eigenvalue weighted by Crippen LogP contribution is 2.55. The third-order valence-electron chi connectivity index (χ3n) is 6.07. The first-order valence-electron chi connectivity index (χ1n) is 10.2. The Balaban J connectivity index is 1.46. The Hall–Kier alpha value is -1.78. The van der Waals surface area contributed by atoms with Crippen molar-refractivity contribution in [2.75, 3.05) is 19.7 Å². The summed E-state index contributed by atoms with van der Waals surface area (Å²) < 4.78 is 35.0. The number of pyridine rings is 1. The van der Waals surface area contributed by atoms with E-state index in [-0.39, 0.29) is 23.2 Å². The van der Waals surface area contributed by atoms with Crippen LogP contribution in [0.3, 0.4) is 0 Å². The number of alkyl halides is 2. The molecule has 2 fully saturated rings. The molecule has 1 saturated carbocycles. The summed E-state index contributed by atoms with van der Waals surface area (Å²) in [7, 11) is 0. The maximum Gasteiger partial charge on any atom is 0.409 e. The molecule has 9 heteroatoms. The summed E-state index contributed by atoms with van der Waals surface area (Å²) in [6.07, 6.45) is 2.15. The van der Waals surface area contributed by atoms with E-state index in [1.807, 2.05) is 42.5 Å². The first kappa shape index (κ1) is 21.5. The number of aromatic nitrogens is 3. The summed E-state index contributed by atoms with van der Waals surface area (Å²) in [5.74, 6) is 0. The van der Waals surface area contributed by atoms with Gasteiger partial charge in [-0.1, -0.05) is 13.3 Å². The molecule has 0 atom stereocenters. The monoisotopic (exact) mass is 530 g/mol. The molecular formula is C21H25F2IN4O2. The van der Waals surface area contributed by atoms with E-state index in [1.165, 1.54) is 4.68 Å². The normalized spacial score (nSPS) is 17.9. The Morgan fingerprint density at radius 2 is 2.13 bits per heavy atom. The van der Waals surface area contributed by atoms with Crippen molar-refractivity contribution in [1.82, 2.24) is 19.7 Å². The van der Waals surface area contributed by atoms with Gasteiger partial charge in [0.25, 0.3) is 6.43 Å². The van der Waals surface area contributed by atoms with E-state index in [9.17, 15) is 13.6 Å². The van der Waals surface area contributed by atoms with Crippen LogP contribution in [0, 0.1) is 15.9 Å². The smallest absolute Gasteiger partial charge is 0.409 e. The zero-order valence-corrected chi connectivity index (χ0v) is 19.2. The second-order valence-corrected chi connectivity index (χ2v) is 9.39. The highest BCUT2D eigenvalue weighted by molar-refractivity contribution is 14.1. The maximum atomic E-state index is 13.9. The van der Waals surface area contributed by atoms with Crippen molar-refractivity contribution in [3.63, 3.8) is 0 Å². The fraction of sp³-hybridized carbons (Fsp3) is 0.571. The van der Waals surface area contributed by atoms with Crippen LogP contribution in [0.1, 0.15) is 56.5 Å². The van der Waals surface area contributed by atoms with E-state index in [0.29, 0.717) is 29.0 Å². The van der Waals surface area contributed by atoms with Crippen molar-refractivity contribution in [2.45, 2.75) is 52.0 Å². The molecule has 1 aliphatic carbocycles. The Labute approximate surface area is 188 Å². The molecule has 0 aromatic carbocycles. The fourth-order valence-corrected chi connectivity index (χ4v) is 5.35. The molecule has 6 nitrogen and oxygen atoms in total. The zero-order chi connectivity index (χ0) is 21.5. The molecular weight excluding hydrogens is 505 g/mol. The van der Waals surface area contributed by atoms with Gasteiger partial charge in [0.2, 0.25) is 0 Å². The van der Waals surface area contributed by atoms with Gasteiger partial charge in [0.1, 0.15) is 11.4 Å². The summed E-state index contributed by atoms with van der Waals surface area (Å²) in [6, 6.07) is 3.58. The quantitative estimate of drug-likeness (QED) is 0.373. The molecule has 1 saturated heterocycles. The van der Waals surface area contributed by atoms with Gasteiger partial charge in [-0.3, -0.25) is 9.67 Å². The molecule has 162 valence electrons. The third-order valence-corrected chi connectivity index (χ3v) is 7.14. The van der Waals surface area contributed by atoms with E-state index in [2.05, 4.69) is 10.1 Å². The van der Waals surface area contributed by atoms with Gasteiger partial charge in [0.05, 0.1) is 16.2 Å². The summed E-state index contributed by atoms with van der Waals surface area (Å²) in [5, 5.41) is 4.60. The SMILES string of the molecule is CCCCOC(=O)N1CC2(CC(n3nc(-c4cccnc4C)c(I)c3C(F)F)C2)C1. The lowest BCUT2D eigenvalue weighted by molar-refractivity contribution is -0.0840. The van der Waals surface area contributed by atoms with E-state index in [0.717, 1.165) is 36.9 Å². The molecule has 0 radical (unpaired) electrons. The molecule has 2 aliphatic rings. The first-order chi connectivity index (χ1) is 14.3. The first-order valence-corrected chi connectivity index (χ1v) is 11.3. The van der Waals surface area contributed by atoms with E-state index < -0.39 is 6.43 Å².